The molecule has 1 saturated carbocycles. The van der Waals surface area contributed by atoms with Gasteiger partial charge in [0, 0.05) is 31.3 Å². The van der Waals surface area contributed by atoms with Crippen molar-refractivity contribution < 1.29 is 13.6 Å². The maximum atomic E-state index is 12.9. The van der Waals surface area contributed by atoms with Crippen LogP contribution < -0.4 is 10.9 Å². The number of alkyl halides is 2. The fraction of sp³-hybridized carbons (Fsp3) is 0.467. The summed E-state index contributed by atoms with van der Waals surface area (Å²) in [5.74, 6) is -2.98. The van der Waals surface area contributed by atoms with E-state index in [9.17, 15) is 18.4 Å². The van der Waals surface area contributed by atoms with Crippen LogP contribution in [-0.4, -0.2) is 21.3 Å². The summed E-state index contributed by atoms with van der Waals surface area (Å²) in [6.45, 7) is 1.88. The summed E-state index contributed by atoms with van der Waals surface area (Å²) in [5, 5.41) is 3.28. The zero-order valence-electron chi connectivity index (χ0n) is 12.1. The molecule has 0 bridgehead atoms. The lowest BCUT2D eigenvalue weighted by atomic mass is 9.75. The quantitative estimate of drug-likeness (QED) is 0.939. The number of rotatable bonds is 4. The fourth-order valence-corrected chi connectivity index (χ4v) is 3.94. The summed E-state index contributed by atoms with van der Waals surface area (Å²) < 4.78 is 28.2. The SMILES string of the molecule is CC1(NC(=O)CCn2sc3ccccc3c2=O)CC(F)(F)C1. The third-order valence-electron chi connectivity index (χ3n) is 3.83. The molecular formula is C15H16F2N2O2S. The molecule has 0 atom stereocenters. The summed E-state index contributed by atoms with van der Waals surface area (Å²) in [4.78, 5) is 24.0. The van der Waals surface area contributed by atoms with E-state index in [1.165, 1.54) is 15.5 Å². The minimum absolute atomic E-state index is 0.105. The summed E-state index contributed by atoms with van der Waals surface area (Å²) in [6.07, 6.45) is -0.545. The molecule has 118 valence electrons. The summed E-state index contributed by atoms with van der Waals surface area (Å²) >= 11 is 1.31. The van der Waals surface area contributed by atoms with Crippen LogP contribution in [0.25, 0.3) is 10.1 Å². The second-order valence-electron chi connectivity index (χ2n) is 6.06. The van der Waals surface area contributed by atoms with Crippen molar-refractivity contribution in [3.8, 4) is 0 Å². The van der Waals surface area contributed by atoms with Crippen LogP contribution in [0.2, 0.25) is 0 Å². The Morgan fingerprint density at radius 2 is 2.05 bits per heavy atom. The molecule has 1 aromatic heterocycles. The van der Waals surface area contributed by atoms with Gasteiger partial charge in [0.2, 0.25) is 5.91 Å². The van der Waals surface area contributed by atoms with Crippen LogP contribution >= 0.6 is 11.5 Å². The molecule has 1 fully saturated rings. The van der Waals surface area contributed by atoms with Gasteiger partial charge in [0.05, 0.1) is 10.1 Å². The zero-order valence-corrected chi connectivity index (χ0v) is 12.9. The minimum atomic E-state index is -2.68. The predicted octanol–water partition coefficient (Wildman–Crippen LogP) is 2.76. The largest absolute Gasteiger partial charge is 0.350 e. The Balaban J connectivity index is 1.61. The van der Waals surface area contributed by atoms with E-state index < -0.39 is 11.5 Å². The second kappa shape index (κ2) is 5.15. The third-order valence-corrected chi connectivity index (χ3v) is 4.95. The maximum absolute atomic E-state index is 12.9. The number of fused-ring (bicyclic) bond motifs is 1. The van der Waals surface area contributed by atoms with Gasteiger partial charge in [-0.3, -0.25) is 13.5 Å². The van der Waals surface area contributed by atoms with Gasteiger partial charge in [-0.2, -0.15) is 0 Å². The first kappa shape index (κ1) is 15.1. The highest BCUT2D eigenvalue weighted by Gasteiger charge is 2.54. The van der Waals surface area contributed by atoms with Crippen molar-refractivity contribution >= 4 is 27.5 Å². The average molecular weight is 326 g/mol. The van der Waals surface area contributed by atoms with E-state index in [1.807, 2.05) is 12.1 Å². The molecule has 0 aliphatic heterocycles. The molecule has 4 nitrogen and oxygen atoms in total. The molecule has 0 radical (unpaired) electrons. The molecule has 1 amide bonds. The van der Waals surface area contributed by atoms with E-state index in [2.05, 4.69) is 5.32 Å². The van der Waals surface area contributed by atoms with Gasteiger partial charge in [0.15, 0.2) is 0 Å². The lowest BCUT2D eigenvalue weighted by molar-refractivity contribution is -0.143. The molecule has 2 aromatic rings. The highest BCUT2D eigenvalue weighted by Crippen LogP contribution is 2.45. The summed E-state index contributed by atoms with van der Waals surface area (Å²) in [7, 11) is 0. The highest BCUT2D eigenvalue weighted by atomic mass is 32.1. The first-order valence-electron chi connectivity index (χ1n) is 7.06. The lowest BCUT2D eigenvalue weighted by Crippen LogP contribution is -2.60. The Morgan fingerprint density at radius 3 is 2.68 bits per heavy atom. The van der Waals surface area contributed by atoms with E-state index >= 15 is 0 Å². The molecule has 0 unspecified atom stereocenters. The van der Waals surface area contributed by atoms with Gasteiger partial charge in [-0.15, -0.1) is 0 Å². The van der Waals surface area contributed by atoms with Gasteiger partial charge in [0.25, 0.3) is 11.5 Å². The van der Waals surface area contributed by atoms with Crippen molar-refractivity contribution in [2.24, 2.45) is 0 Å². The van der Waals surface area contributed by atoms with E-state index in [0.29, 0.717) is 5.39 Å². The van der Waals surface area contributed by atoms with E-state index in [0.717, 1.165) is 4.70 Å². The summed E-state index contributed by atoms with van der Waals surface area (Å²) in [6, 6.07) is 7.26. The fourth-order valence-electron chi connectivity index (χ4n) is 2.95. The van der Waals surface area contributed by atoms with Gasteiger partial charge < -0.3 is 5.32 Å². The van der Waals surface area contributed by atoms with Crippen molar-refractivity contribution in [3.63, 3.8) is 0 Å². The number of aryl methyl sites for hydroxylation is 1. The number of aromatic nitrogens is 1. The third kappa shape index (κ3) is 2.90. The topological polar surface area (TPSA) is 51.1 Å². The standard InChI is InChI=1S/C15H16F2N2O2S/c1-14(8-15(16,17)9-14)18-12(20)6-7-19-13(21)10-4-2-3-5-11(10)22-19/h2-5H,6-9H2,1H3,(H,18,20). The molecule has 1 aliphatic rings. The summed E-state index contributed by atoms with van der Waals surface area (Å²) in [5.41, 5.74) is -0.944. The van der Waals surface area contributed by atoms with Gasteiger partial charge >= 0.3 is 0 Å². The normalized spacial score (nSPS) is 18.9. The van der Waals surface area contributed by atoms with Crippen molar-refractivity contribution in [2.45, 2.75) is 44.2 Å². The molecule has 1 N–H and O–H groups in total. The second-order valence-corrected chi connectivity index (χ2v) is 7.13. The van der Waals surface area contributed by atoms with Crippen molar-refractivity contribution in [1.82, 2.24) is 9.27 Å². The number of halogens is 2. The molecule has 1 aliphatic carbocycles. The van der Waals surface area contributed by atoms with Gasteiger partial charge in [0.1, 0.15) is 0 Å². The van der Waals surface area contributed by atoms with Crippen LogP contribution in [0.3, 0.4) is 0 Å². The van der Waals surface area contributed by atoms with Crippen molar-refractivity contribution in [1.29, 1.82) is 0 Å². The number of benzene rings is 1. The maximum Gasteiger partial charge on any atom is 0.268 e. The number of nitrogens with zero attached hydrogens (tertiary/aromatic N) is 1. The van der Waals surface area contributed by atoms with Gasteiger partial charge in [-0.05, 0) is 19.1 Å². The van der Waals surface area contributed by atoms with Crippen LogP contribution in [0.4, 0.5) is 8.78 Å². The van der Waals surface area contributed by atoms with E-state index in [4.69, 9.17) is 0 Å². The number of hydrogen-bond donors (Lipinski definition) is 1. The Labute approximate surface area is 129 Å². The molecule has 7 heteroatoms. The van der Waals surface area contributed by atoms with Crippen LogP contribution in [-0.2, 0) is 11.3 Å². The Kier molecular flexibility index (Phi) is 3.55. The molecule has 1 heterocycles. The van der Waals surface area contributed by atoms with E-state index in [1.54, 1.807) is 19.1 Å². The Morgan fingerprint density at radius 1 is 1.36 bits per heavy atom. The van der Waals surface area contributed by atoms with Crippen LogP contribution in [0, 0.1) is 0 Å². The lowest BCUT2D eigenvalue weighted by Gasteiger charge is -2.45. The zero-order chi connectivity index (χ0) is 16.0. The van der Waals surface area contributed by atoms with Crippen molar-refractivity contribution in [2.75, 3.05) is 0 Å². The molecule has 0 spiro atoms. The molecule has 3 rings (SSSR count). The van der Waals surface area contributed by atoms with Crippen molar-refractivity contribution in [3.05, 3.63) is 34.6 Å². The first-order valence-corrected chi connectivity index (χ1v) is 7.83. The number of carbonyl (C=O) groups is 1. The van der Waals surface area contributed by atoms with Crippen LogP contribution in [0.1, 0.15) is 26.2 Å². The van der Waals surface area contributed by atoms with Crippen LogP contribution in [0.5, 0.6) is 0 Å². The number of hydrogen-bond acceptors (Lipinski definition) is 3. The average Bonchev–Trinajstić information content (AvgIpc) is 2.71. The Bertz CT molecular complexity index is 773. The van der Waals surface area contributed by atoms with Gasteiger partial charge in [-0.1, -0.05) is 23.7 Å². The monoisotopic (exact) mass is 326 g/mol. The molecule has 22 heavy (non-hydrogen) atoms. The van der Waals surface area contributed by atoms with Crippen LogP contribution in [0.15, 0.2) is 29.1 Å². The van der Waals surface area contributed by atoms with E-state index in [-0.39, 0.29) is 37.3 Å². The highest BCUT2D eigenvalue weighted by molar-refractivity contribution is 7.13. The predicted molar refractivity (Wildman–Crippen MR) is 81.4 cm³/mol. The molecule has 0 saturated heterocycles. The Hall–Kier alpha value is -1.76. The molecule has 1 aromatic carbocycles. The van der Waals surface area contributed by atoms with Gasteiger partial charge in [-0.25, -0.2) is 8.78 Å². The molecular weight excluding hydrogens is 310 g/mol. The minimum Gasteiger partial charge on any atom is -0.350 e. The number of carbonyl (C=O) groups excluding carboxylic acids is 1. The number of amides is 1. The first-order chi connectivity index (χ1) is 10.3. The number of nitrogens with one attached hydrogen (secondary N) is 1. The smallest absolute Gasteiger partial charge is 0.268 e.